The number of halogens is 1. The highest BCUT2D eigenvalue weighted by molar-refractivity contribution is 5.46. The molecule has 0 saturated carbocycles. The molecule has 0 amide bonds. The molecular formula is C26H27FNO3+. The predicted molar refractivity (Wildman–Crippen MR) is 116 cm³/mol. The Morgan fingerprint density at radius 3 is 2.58 bits per heavy atom. The molecule has 1 N–H and O–H groups in total. The van der Waals surface area contributed by atoms with Gasteiger partial charge in [0.1, 0.15) is 18.1 Å². The van der Waals surface area contributed by atoms with E-state index in [1.807, 2.05) is 30.3 Å². The van der Waals surface area contributed by atoms with Gasteiger partial charge in [0.05, 0.1) is 19.7 Å². The quantitative estimate of drug-likeness (QED) is 0.658. The summed E-state index contributed by atoms with van der Waals surface area (Å²) in [6.07, 6.45) is 1.06. The number of nitrogens with one attached hydrogen (secondary N) is 1. The molecule has 2 aliphatic rings. The van der Waals surface area contributed by atoms with Gasteiger partial charge in [0, 0.05) is 29.9 Å². The minimum atomic E-state index is -0.191. The van der Waals surface area contributed by atoms with Crippen LogP contribution in [-0.4, -0.2) is 26.5 Å². The van der Waals surface area contributed by atoms with Crippen molar-refractivity contribution >= 4 is 0 Å². The number of hydrogen-bond donors (Lipinski definition) is 1. The van der Waals surface area contributed by atoms with Crippen molar-refractivity contribution in [3.8, 4) is 17.2 Å². The fraction of sp³-hybridized carbons (Fsp3) is 0.308. The van der Waals surface area contributed by atoms with E-state index in [1.165, 1.54) is 11.1 Å². The van der Waals surface area contributed by atoms with E-state index in [-0.39, 0.29) is 12.6 Å². The number of benzene rings is 3. The first-order valence-corrected chi connectivity index (χ1v) is 10.9. The van der Waals surface area contributed by atoms with E-state index in [4.69, 9.17) is 14.2 Å². The maximum absolute atomic E-state index is 13.5. The number of ether oxygens (including phenoxy) is 3. The van der Waals surface area contributed by atoms with Crippen LogP contribution in [-0.2, 0) is 6.54 Å². The van der Waals surface area contributed by atoms with Crippen LogP contribution in [0.3, 0.4) is 0 Å². The van der Waals surface area contributed by atoms with E-state index in [1.54, 1.807) is 17.0 Å². The van der Waals surface area contributed by atoms with E-state index in [2.05, 4.69) is 30.3 Å². The lowest BCUT2D eigenvalue weighted by molar-refractivity contribution is -0.923. The first kappa shape index (κ1) is 19.9. The average molecular weight is 421 g/mol. The summed E-state index contributed by atoms with van der Waals surface area (Å²) in [6, 6.07) is 23.3. The number of fused-ring (bicyclic) bond motifs is 1. The van der Waals surface area contributed by atoms with E-state index < -0.39 is 0 Å². The second-order valence-corrected chi connectivity index (χ2v) is 8.40. The lowest BCUT2D eigenvalue weighted by atomic mass is 9.80. The topological polar surface area (TPSA) is 32.1 Å². The van der Waals surface area contributed by atoms with E-state index in [9.17, 15) is 4.39 Å². The molecule has 1 unspecified atom stereocenters. The summed E-state index contributed by atoms with van der Waals surface area (Å²) in [5, 5.41) is 0. The van der Waals surface area contributed by atoms with Crippen molar-refractivity contribution in [3.63, 3.8) is 0 Å². The van der Waals surface area contributed by atoms with Gasteiger partial charge < -0.3 is 19.1 Å². The zero-order valence-electron chi connectivity index (χ0n) is 17.4. The first-order chi connectivity index (χ1) is 15.2. The highest BCUT2D eigenvalue weighted by atomic mass is 19.1. The fourth-order valence-electron chi connectivity index (χ4n) is 4.75. The van der Waals surface area contributed by atoms with Crippen LogP contribution in [0, 0.1) is 11.7 Å². The lowest BCUT2D eigenvalue weighted by Crippen LogP contribution is -3.12. The predicted octanol–water partition coefficient (Wildman–Crippen LogP) is 3.82. The minimum absolute atomic E-state index is 0.191. The van der Waals surface area contributed by atoms with Crippen LogP contribution in [0.1, 0.15) is 23.5 Å². The number of quaternary nitrogens is 1. The molecule has 3 aromatic carbocycles. The van der Waals surface area contributed by atoms with Crippen LogP contribution >= 0.6 is 0 Å². The molecule has 5 rings (SSSR count). The van der Waals surface area contributed by atoms with Gasteiger partial charge in [-0.25, -0.2) is 4.39 Å². The Labute approximate surface area is 182 Å². The zero-order valence-corrected chi connectivity index (χ0v) is 17.4. The summed E-state index contributed by atoms with van der Waals surface area (Å²) in [5.74, 6) is 2.78. The summed E-state index contributed by atoms with van der Waals surface area (Å²) in [5.41, 5.74) is 2.55. The van der Waals surface area contributed by atoms with Crippen molar-refractivity contribution in [2.75, 3.05) is 26.5 Å². The molecule has 5 heteroatoms. The number of rotatable bonds is 6. The third-order valence-electron chi connectivity index (χ3n) is 6.33. The molecule has 0 aliphatic carbocycles. The lowest BCUT2D eigenvalue weighted by Gasteiger charge is -2.36. The number of likely N-dealkylation sites (tertiary alicyclic amines) is 1. The van der Waals surface area contributed by atoms with Crippen LogP contribution in [0.5, 0.6) is 17.2 Å². The Kier molecular flexibility index (Phi) is 5.76. The van der Waals surface area contributed by atoms with Crippen molar-refractivity contribution < 1.29 is 23.5 Å². The van der Waals surface area contributed by atoms with Gasteiger partial charge in [-0.3, -0.25) is 0 Å². The average Bonchev–Trinajstić information content (AvgIpc) is 3.27. The van der Waals surface area contributed by atoms with Crippen LogP contribution in [0.25, 0.3) is 0 Å². The summed E-state index contributed by atoms with van der Waals surface area (Å²) in [6.45, 7) is 3.99. The second kappa shape index (κ2) is 8.98. The largest absolute Gasteiger partial charge is 0.493 e. The van der Waals surface area contributed by atoms with Gasteiger partial charge in [-0.2, -0.15) is 0 Å². The Bertz CT molecular complexity index is 1010. The van der Waals surface area contributed by atoms with E-state index in [0.717, 1.165) is 43.3 Å². The molecule has 0 aromatic heterocycles. The smallest absolute Gasteiger partial charge is 0.231 e. The molecule has 2 heterocycles. The van der Waals surface area contributed by atoms with Gasteiger partial charge in [-0.1, -0.05) is 42.5 Å². The van der Waals surface area contributed by atoms with Crippen molar-refractivity contribution in [3.05, 3.63) is 89.7 Å². The van der Waals surface area contributed by atoms with Gasteiger partial charge in [-0.15, -0.1) is 0 Å². The molecule has 0 spiro atoms. The standard InChI is InChI=1S/C26H26FNO3/c27-22-8-6-20(7-9-22)24-12-13-28(15-19-4-2-1-3-5-19)16-21(24)17-29-23-10-11-25-26(14-23)31-18-30-25/h1-11,14,21,24H,12-13,15-18H2/p+1/t21-,24-/m0/s1. The van der Waals surface area contributed by atoms with Crippen LogP contribution in [0.4, 0.5) is 4.39 Å². The van der Waals surface area contributed by atoms with Crippen molar-refractivity contribution in [2.24, 2.45) is 5.92 Å². The third kappa shape index (κ3) is 4.67. The molecule has 2 aliphatic heterocycles. The normalized spacial score (nSPS) is 22.3. The van der Waals surface area contributed by atoms with Gasteiger partial charge in [-0.05, 0) is 29.8 Å². The molecule has 0 bridgehead atoms. The molecule has 1 saturated heterocycles. The van der Waals surface area contributed by atoms with Crippen molar-refractivity contribution in [1.29, 1.82) is 0 Å². The monoisotopic (exact) mass is 420 g/mol. The molecule has 1 fully saturated rings. The summed E-state index contributed by atoms with van der Waals surface area (Å²) >= 11 is 0. The Morgan fingerprint density at radius 2 is 1.74 bits per heavy atom. The summed E-state index contributed by atoms with van der Waals surface area (Å²) in [7, 11) is 0. The van der Waals surface area contributed by atoms with Crippen LogP contribution in [0.15, 0.2) is 72.8 Å². The molecule has 3 atom stereocenters. The molecular weight excluding hydrogens is 393 g/mol. The fourth-order valence-corrected chi connectivity index (χ4v) is 4.75. The van der Waals surface area contributed by atoms with Gasteiger partial charge in [0.25, 0.3) is 0 Å². The van der Waals surface area contributed by atoms with Gasteiger partial charge in [0.15, 0.2) is 11.5 Å². The summed E-state index contributed by atoms with van der Waals surface area (Å²) < 4.78 is 30.6. The van der Waals surface area contributed by atoms with E-state index >= 15 is 0 Å². The van der Waals surface area contributed by atoms with Crippen molar-refractivity contribution in [1.82, 2.24) is 0 Å². The van der Waals surface area contributed by atoms with Gasteiger partial charge in [0.2, 0.25) is 6.79 Å². The first-order valence-electron chi connectivity index (χ1n) is 10.9. The third-order valence-corrected chi connectivity index (χ3v) is 6.33. The molecule has 4 nitrogen and oxygen atoms in total. The maximum atomic E-state index is 13.5. The van der Waals surface area contributed by atoms with Crippen LogP contribution < -0.4 is 19.1 Å². The van der Waals surface area contributed by atoms with Gasteiger partial charge >= 0.3 is 0 Å². The Morgan fingerprint density at radius 1 is 0.935 bits per heavy atom. The molecule has 160 valence electrons. The van der Waals surface area contributed by atoms with E-state index in [0.29, 0.717) is 18.4 Å². The zero-order chi connectivity index (χ0) is 21.0. The summed E-state index contributed by atoms with van der Waals surface area (Å²) in [4.78, 5) is 1.56. The van der Waals surface area contributed by atoms with Crippen molar-refractivity contribution in [2.45, 2.75) is 18.9 Å². The van der Waals surface area contributed by atoms with Crippen LogP contribution in [0.2, 0.25) is 0 Å². The second-order valence-electron chi connectivity index (χ2n) is 8.40. The Balaban J connectivity index is 1.31. The molecule has 31 heavy (non-hydrogen) atoms. The number of hydrogen-bond acceptors (Lipinski definition) is 3. The highest BCUT2D eigenvalue weighted by Gasteiger charge is 2.34. The molecule has 3 aromatic rings. The molecule has 0 radical (unpaired) electrons. The Hall–Kier alpha value is -3.05. The highest BCUT2D eigenvalue weighted by Crippen LogP contribution is 2.36. The SMILES string of the molecule is Fc1ccc([C@@H]2CC[NH+](Cc3ccccc3)C[C@H]2COc2ccc3c(c2)OCO3)cc1. The minimum Gasteiger partial charge on any atom is -0.493 e. The number of piperidine rings is 1. The maximum Gasteiger partial charge on any atom is 0.231 e.